The number of rotatable bonds is 5. The third kappa shape index (κ3) is 3.51. The summed E-state index contributed by atoms with van der Waals surface area (Å²) in [5, 5.41) is 12.3. The molecular weight excluding hydrogens is 322 g/mol. The van der Waals surface area contributed by atoms with Crippen molar-refractivity contribution >= 4 is 28.5 Å². The summed E-state index contributed by atoms with van der Waals surface area (Å²) < 4.78 is 0. The van der Waals surface area contributed by atoms with Gasteiger partial charge in [-0.15, -0.1) is 0 Å². The Labute approximate surface area is 144 Å². The Kier molecular flexibility index (Phi) is 5.04. The summed E-state index contributed by atoms with van der Waals surface area (Å²) in [6.45, 7) is -0.308. The van der Waals surface area contributed by atoms with Crippen molar-refractivity contribution in [2.24, 2.45) is 0 Å². The number of carbonyl (C=O) groups is 3. The molecule has 1 saturated heterocycles. The van der Waals surface area contributed by atoms with Crippen LogP contribution in [0.25, 0.3) is 10.9 Å². The number of para-hydroxylation sites is 1. The number of aliphatic hydroxyl groups excluding tert-OH is 1. The second kappa shape index (κ2) is 7.40. The van der Waals surface area contributed by atoms with Gasteiger partial charge in [0, 0.05) is 18.1 Å². The van der Waals surface area contributed by atoms with Crippen LogP contribution in [0.1, 0.15) is 23.2 Å². The lowest BCUT2D eigenvalue weighted by molar-refractivity contribution is -0.137. The lowest BCUT2D eigenvalue weighted by Gasteiger charge is -2.23. The smallest absolute Gasteiger partial charge is 0.252 e. The highest BCUT2D eigenvalue weighted by atomic mass is 16.3. The van der Waals surface area contributed by atoms with Crippen LogP contribution in [-0.2, 0) is 9.59 Å². The lowest BCUT2D eigenvalue weighted by Crippen LogP contribution is -2.46. The summed E-state index contributed by atoms with van der Waals surface area (Å²) in [5.41, 5.74) is 1.15. The van der Waals surface area contributed by atoms with E-state index in [0.717, 1.165) is 0 Å². The molecule has 0 aliphatic carbocycles. The second-order valence-electron chi connectivity index (χ2n) is 5.93. The largest absolute Gasteiger partial charge is 0.389 e. The molecule has 0 unspecified atom stereocenters. The Bertz CT molecular complexity index is 816. The molecule has 1 fully saturated rings. The van der Waals surface area contributed by atoms with E-state index in [0.29, 0.717) is 35.9 Å². The van der Waals surface area contributed by atoms with Gasteiger partial charge in [0.25, 0.3) is 5.91 Å². The van der Waals surface area contributed by atoms with Gasteiger partial charge in [-0.3, -0.25) is 19.4 Å². The number of amides is 2. The number of aromatic nitrogens is 1. The van der Waals surface area contributed by atoms with Gasteiger partial charge < -0.3 is 15.3 Å². The van der Waals surface area contributed by atoms with Crippen molar-refractivity contribution in [3.63, 3.8) is 0 Å². The number of benzene rings is 1. The number of hydrogen-bond donors (Lipinski definition) is 2. The van der Waals surface area contributed by atoms with Crippen LogP contribution in [0.4, 0.5) is 0 Å². The van der Waals surface area contributed by atoms with Gasteiger partial charge in [0.05, 0.1) is 23.7 Å². The zero-order chi connectivity index (χ0) is 17.8. The molecule has 0 radical (unpaired) electrons. The van der Waals surface area contributed by atoms with Gasteiger partial charge in [0.15, 0.2) is 5.78 Å². The van der Waals surface area contributed by atoms with E-state index in [-0.39, 0.29) is 24.1 Å². The topological polar surface area (TPSA) is 99.6 Å². The molecule has 0 saturated carbocycles. The van der Waals surface area contributed by atoms with E-state index in [1.165, 1.54) is 4.90 Å². The van der Waals surface area contributed by atoms with E-state index < -0.39 is 12.6 Å². The van der Waals surface area contributed by atoms with Gasteiger partial charge >= 0.3 is 0 Å². The maximum Gasteiger partial charge on any atom is 0.252 e. The average Bonchev–Trinajstić information content (AvgIpc) is 3.14. The van der Waals surface area contributed by atoms with Crippen molar-refractivity contribution in [3.05, 3.63) is 42.1 Å². The molecule has 130 valence electrons. The Balaban J connectivity index is 1.67. The fourth-order valence-electron chi connectivity index (χ4n) is 3.15. The molecule has 1 atom stereocenters. The number of hydrogen-bond acceptors (Lipinski definition) is 5. The molecule has 1 aromatic carbocycles. The van der Waals surface area contributed by atoms with Crippen LogP contribution in [-0.4, -0.2) is 58.3 Å². The second-order valence-corrected chi connectivity index (χ2v) is 5.93. The van der Waals surface area contributed by atoms with E-state index in [1.807, 2.05) is 18.2 Å². The summed E-state index contributed by atoms with van der Waals surface area (Å²) in [7, 11) is 0. The van der Waals surface area contributed by atoms with E-state index >= 15 is 0 Å². The normalized spacial score (nSPS) is 16.8. The number of carbonyl (C=O) groups excluding carboxylic acids is 3. The molecule has 2 N–H and O–H groups in total. The van der Waals surface area contributed by atoms with E-state index in [9.17, 15) is 14.4 Å². The summed E-state index contributed by atoms with van der Waals surface area (Å²) >= 11 is 0. The number of likely N-dealkylation sites (tertiary alicyclic amines) is 1. The Morgan fingerprint density at radius 1 is 1.24 bits per heavy atom. The highest BCUT2D eigenvalue weighted by molar-refractivity contribution is 6.06. The van der Waals surface area contributed by atoms with Crippen LogP contribution in [0.15, 0.2) is 36.5 Å². The predicted octanol–water partition coefficient (Wildman–Crippen LogP) is 0.517. The van der Waals surface area contributed by atoms with Crippen LogP contribution < -0.4 is 5.32 Å². The zero-order valence-electron chi connectivity index (χ0n) is 13.6. The molecule has 0 bridgehead atoms. The summed E-state index contributed by atoms with van der Waals surface area (Å²) in [4.78, 5) is 42.1. The number of pyridine rings is 1. The molecule has 7 heteroatoms. The number of fused-ring (bicyclic) bond motifs is 1. The van der Waals surface area contributed by atoms with Gasteiger partial charge in [-0.05, 0) is 25.0 Å². The molecule has 1 aliphatic heterocycles. The third-order valence-electron chi connectivity index (χ3n) is 4.39. The van der Waals surface area contributed by atoms with E-state index in [2.05, 4.69) is 10.3 Å². The highest BCUT2D eigenvalue weighted by Crippen LogP contribution is 2.18. The minimum Gasteiger partial charge on any atom is -0.389 e. The van der Waals surface area contributed by atoms with Crippen molar-refractivity contribution in [1.82, 2.24) is 15.2 Å². The van der Waals surface area contributed by atoms with Crippen LogP contribution >= 0.6 is 0 Å². The van der Waals surface area contributed by atoms with Crippen molar-refractivity contribution in [2.45, 2.75) is 18.9 Å². The lowest BCUT2D eigenvalue weighted by atomic mass is 10.1. The standard InChI is InChI=1S/C18H19N3O4/c22-11-16(23)15-6-3-9-21(15)17(24)10-20-18(25)13-7-8-19-14-5-2-1-4-12(13)14/h1-2,4-5,7-8,15,22H,3,6,9-11H2,(H,20,25)/t15-/m0/s1. The monoisotopic (exact) mass is 341 g/mol. The van der Waals surface area contributed by atoms with Crippen molar-refractivity contribution in [3.8, 4) is 0 Å². The first-order valence-corrected chi connectivity index (χ1v) is 8.17. The third-order valence-corrected chi connectivity index (χ3v) is 4.39. The molecular formula is C18H19N3O4. The molecule has 7 nitrogen and oxygen atoms in total. The van der Waals surface area contributed by atoms with Crippen LogP contribution in [0.3, 0.4) is 0 Å². The predicted molar refractivity (Wildman–Crippen MR) is 90.9 cm³/mol. The fourth-order valence-corrected chi connectivity index (χ4v) is 3.15. The number of ketones is 1. The van der Waals surface area contributed by atoms with Crippen LogP contribution in [0, 0.1) is 0 Å². The van der Waals surface area contributed by atoms with Gasteiger partial charge in [-0.1, -0.05) is 18.2 Å². The molecule has 1 aliphatic rings. The molecule has 3 rings (SSSR count). The maximum absolute atomic E-state index is 12.4. The summed E-state index contributed by atoms with van der Waals surface area (Å²) in [5.74, 6) is -1.05. The van der Waals surface area contributed by atoms with Crippen molar-refractivity contribution < 1.29 is 19.5 Å². The Morgan fingerprint density at radius 2 is 2.04 bits per heavy atom. The first-order valence-electron chi connectivity index (χ1n) is 8.17. The highest BCUT2D eigenvalue weighted by Gasteiger charge is 2.33. The molecule has 2 heterocycles. The molecule has 1 aromatic heterocycles. The van der Waals surface area contributed by atoms with Crippen LogP contribution in [0.5, 0.6) is 0 Å². The maximum atomic E-state index is 12.4. The number of nitrogens with one attached hydrogen (secondary N) is 1. The molecule has 0 spiro atoms. The summed E-state index contributed by atoms with van der Waals surface area (Å²) in [6, 6.07) is 8.29. The van der Waals surface area contributed by atoms with Crippen molar-refractivity contribution in [1.29, 1.82) is 0 Å². The van der Waals surface area contributed by atoms with E-state index in [1.54, 1.807) is 18.3 Å². The van der Waals surface area contributed by atoms with E-state index in [4.69, 9.17) is 5.11 Å². The van der Waals surface area contributed by atoms with Crippen LogP contribution in [0.2, 0.25) is 0 Å². The average molecular weight is 341 g/mol. The van der Waals surface area contributed by atoms with Gasteiger partial charge in [0.2, 0.25) is 5.91 Å². The molecule has 2 amide bonds. The minimum atomic E-state index is -0.587. The first kappa shape index (κ1) is 17.0. The first-order chi connectivity index (χ1) is 12.1. The van der Waals surface area contributed by atoms with Crippen molar-refractivity contribution in [2.75, 3.05) is 19.7 Å². The molecule has 25 heavy (non-hydrogen) atoms. The SMILES string of the molecule is O=C(NCC(=O)N1CCC[C@H]1C(=O)CO)c1ccnc2ccccc12. The summed E-state index contributed by atoms with van der Waals surface area (Å²) in [6.07, 6.45) is 2.81. The Morgan fingerprint density at radius 3 is 2.84 bits per heavy atom. The van der Waals surface area contributed by atoms with Gasteiger partial charge in [-0.25, -0.2) is 0 Å². The Hall–Kier alpha value is -2.80. The fraction of sp³-hybridized carbons (Fsp3) is 0.333. The quantitative estimate of drug-likeness (QED) is 0.826. The van der Waals surface area contributed by atoms with Gasteiger partial charge in [-0.2, -0.15) is 0 Å². The minimum absolute atomic E-state index is 0.190. The number of Topliss-reactive ketones (excluding diaryl/α,β-unsaturated/α-hetero) is 1. The molecule has 2 aromatic rings. The van der Waals surface area contributed by atoms with Gasteiger partial charge in [0.1, 0.15) is 6.61 Å². The number of aliphatic hydroxyl groups is 1. The number of nitrogens with zero attached hydrogens (tertiary/aromatic N) is 2. The zero-order valence-corrected chi connectivity index (χ0v) is 13.6.